The van der Waals surface area contributed by atoms with Gasteiger partial charge in [0.05, 0.1) is 5.69 Å². The number of hydrogen-bond acceptors (Lipinski definition) is 4. The molecule has 3 rings (SSSR count). The van der Waals surface area contributed by atoms with Gasteiger partial charge in [0.25, 0.3) is 0 Å². The van der Waals surface area contributed by atoms with Gasteiger partial charge in [0.2, 0.25) is 0 Å². The number of hydrogen-bond donors (Lipinski definition) is 3. The minimum atomic E-state index is 0.0805. The van der Waals surface area contributed by atoms with Crippen LogP contribution in [0.1, 0.15) is 16.7 Å². The Morgan fingerprint density at radius 3 is 2.40 bits per heavy atom. The molecule has 0 unspecified atom stereocenters. The number of nitrogens with zero attached hydrogens (tertiary/aromatic N) is 2. The topological polar surface area (TPSA) is 91.7 Å². The minimum Gasteiger partial charge on any atom is -0.507 e. The second-order valence-electron chi connectivity index (χ2n) is 5.43. The lowest BCUT2D eigenvalue weighted by Gasteiger charge is -2.04. The maximum Gasteiger partial charge on any atom is 0.170 e. The van der Waals surface area contributed by atoms with Gasteiger partial charge >= 0.3 is 0 Å². The van der Waals surface area contributed by atoms with E-state index >= 15 is 0 Å². The number of aromatic nitrogens is 1. The fraction of sp³-hybridized carbons (Fsp3) is 0. The molecule has 0 amide bonds. The molecule has 3 aromatic rings. The molecule has 4 N–H and O–H groups in total. The van der Waals surface area contributed by atoms with Crippen molar-refractivity contribution in [2.75, 3.05) is 0 Å². The number of rotatable bonds is 4. The highest BCUT2D eigenvalue weighted by atomic mass is 16.4. The molecule has 0 bridgehead atoms. The summed E-state index contributed by atoms with van der Waals surface area (Å²) in [7, 11) is 0. The van der Waals surface area contributed by atoms with Crippen molar-refractivity contribution in [1.82, 2.24) is 4.98 Å². The second-order valence-corrected chi connectivity index (χ2v) is 5.43. The van der Waals surface area contributed by atoms with Crippen LogP contribution in [0.4, 0.5) is 0 Å². The van der Waals surface area contributed by atoms with Gasteiger partial charge in [-0.15, -0.1) is 0 Å². The first kappa shape index (κ1) is 16.3. The van der Waals surface area contributed by atoms with Crippen molar-refractivity contribution in [1.29, 1.82) is 0 Å². The average molecular weight is 331 g/mol. The molecule has 124 valence electrons. The zero-order valence-corrected chi connectivity index (χ0v) is 13.4. The largest absolute Gasteiger partial charge is 0.507 e. The van der Waals surface area contributed by atoms with Crippen molar-refractivity contribution in [3.05, 3.63) is 83.6 Å². The van der Waals surface area contributed by atoms with Gasteiger partial charge in [-0.25, -0.2) is 0 Å². The first-order valence-corrected chi connectivity index (χ1v) is 7.68. The Morgan fingerprint density at radius 2 is 1.68 bits per heavy atom. The third-order valence-electron chi connectivity index (χ3n) is 3.75. The Balaban J connectivity index is 1.83. The van der Waals surface area contributed by atoms with Crippen molar-refractivity contribution < 1.29 is 10.3 Å². The maximum atomic E-state index is 9.96. The molecule has 0 radical (unpaired) electrons. The van der Waals surface area contributed by atoms with Gasteiger partial charge in [-0.05, 0) is 35.4 Å². The maximum absolute atomic E-state index is 9.96. The predicted octanol–water partition coefficient (Wildman–Crippen LogP) is 3.72. The minimum absolute atomic E-state index is 0.0805. The number of pyridine rings is 1. The van der Waals surface area contributed by atoms with E-state index in [0.29, 0.717) is 16.8 Å². The molecule has 5 heteroatoms. The molecule has 0 aliphatic carbocycles. The fourth-order valence-electron chi connectivity index (χ4n) is 2.40. The Labute approximate surface area is 145 Å². The predicted molar refractivity (Wildman–Crippen MR) is 99.2 cm³/mol. The van der Waals surface area contributed by atoms with Gasteiger partial charge in [0.15, 0.2) is 5.84 Å². The van der Waals surface area contributed by atoms with Gasteiger partial charge in [0.1, 0.15) is 5.75 Å². The van der Waals surface area contributed by atoms with Crippen LogP contribution in [0.3, 0.4) is 0 Å². The van der Waals surface area contributed by atoms with E-state index in [1.54, 1.807) is 30.5 Å². The molecular formula is C20H17N3O2. The number of para-hydroxylation sites is 1. The first-order chi connectivity index (χ1) is 12.2. The van der Waals surface area contributed by atoms with Gasteiger partial charge in [-0.2, -0.15) is 0 Å². The molecule has 25 heavy (non-hydrogen) atoms. The van der Waals surface area contributed by atoms with Gasteiger partial charge < -0.3 is 16.0 Å². The van der Waals surface area contributed by atoms with E-state index < -0.39 is 0 Å². The van der Waals surface area contributed by atoms with E-state index in [0.717, 1.165) is 11.1 Å². The van der Waals surface area contributed by atoms with E-state index in [1.165, 1.54) is 0 Å². The van der Waals surface area contributed by atoms with Gasteiger partial charge in [-0.1, -0.05) is 53.7 Å². The van der Waals surface area contributed by atoms with Crippen LogP contribution in [-0.4, -0.2) is 21.1 Å². The van der Waals surface area contributed by atoms with E-state index in [-0.39, 0.29) is 11.6 Å². The fourth-order valence-corrected chi connectivity index (χ4v) is 2.40. The normalized spacial score (nSPS) is 11.8. The third-order valence-corrected chi connectivity index (χ3v) is 3.75. The molecular weight excluding hydrogens is 314 g/mol. The standard InChI is InChI=1S/C20H17N3O2/c21-20(23-25)16-9-7-14(8-10-16)5-6-15-11-12-22-18(13-15)17-3-1-2-4-19(17)24/h1-13,24-25H,(H2,21,23)/b6-5+. The molecule has 0 spiro atoms. The van der Waals surface area contributed by atoms with Crippen LogP contribution >= 0.6 is 0 Å². The van der Waals surface area contributed by atoms with E-state index in [2.05, 4.69) is 10.1 Å². The molecule has 1 heterocycles. The lowest BCUT2D eigenvalue weighted by atomic mass is 10.1. The molecule has 1 aromatic heterocycles. The highest BCUT2D eigenvalue weighted by Gasteiger charge is 2.04. The van der Waals surface area contributed by atoms with Crippen LogP contribution < -0.4 is 5.73 Å². The van der Waals surface area contributed by atoms with Crippen LogP contribution in [0.25, 0.3) is 23.4 Å². The summed E-state index contributed by atoms with van der Waals surface area (Å²) in [5.74, 6) is 0.284. The Hall–Kier alpha value is -3.60. The Kier molecular flexibility index (Phi) is 4.76. The zero-order valence-electron chi connectivity index (χ0n) is 13.4. The van der Waals surface area contributed by atoms with Crippen molar-refractivity contribution in [3.63, 3.8) is 0 Å². The Morgan fingerprint density at radius 1 is 0.960 bits per heavy atom. The van der Waals surface area contributed by atoms with Crippen molar-refractivity contribution in [3.8, 4) is 17.0 Å². The molecule has 0 saturated carbocycles. The number of benzene rings is 2. The number of amidine groups is 1. The van der Waals surface area contributed by atoms with Crippen molar-refractivity contribution in [2.45, 2.75) is 0 Å². The van der Waals surface area contributed by atoms with Gasteiger partial charge in [0, 0.05) is 17.3 Å². The van der Waals surface area contributed by atoms with E-state index in [9.17, 15) is 5.11 Å². The molecule has 0 aliphatic heterocycles. The van der Waals surface area contributed by atoms with Gasteiger partial charge in [-0.3, -0.25) is 4.98 Å². The summed E-state index contributed by atoms with van der Waals surface area (Å²) in [4.78, 5) is 4.32. The van der Waals surface area contributed by atoms with Crippen LogP contribution in [0.2, 0.25) is 0 Å². The van der Waals surface area contributed by atoms with Crippen LogP contribution in [0, 0.1) is 0 Å². The summed E-state index contributed by atoms with van der Waals surface area (Å²) in [5, 5.41) is 21.6. The monoisotopic (exact) mass is 331 g/mol. The summed E-state index contributed by atoms with van der Waals surface area (Å²) >= 11 is 0. The van der Waals surface area contributed by atoms with Crippen LogP contribution in [0.5, 0.6) is 5.75 Å². The lowest BCUT2D eigenvalue weighted by Crippen LogP contribution is -2.12. The van der Waals surface area contributed by atoms with E-state index in [1.807, 2.05) is 48.6 Å². The van der Waals surface area contributed by atoms with Crippen molar-refractivity contribution in [2.24, 2.45) is 10.9 Å². The number of oxime groups is 1. The zero-order chi connectivity index (χ0) is 17.6. The van der Waals surface area contributed by atoms with Crippen molar-refractivity contribution >= 4 is 18.0 Å². The van der Waals surface area contributed by atoms with Crippen LogP contribution in [0.15, 0.2) is 72.0 Å². The Bertz CT molecular complexity index is 932. The third kappa shape index (κ3) is 3.84. The summed E-state index contributed by atoms with van der Waals surface area (Å²) in [6.07, 6.45) is 5.63. The summed E-state index contributed by atoms with van der Waals surface area (Å²) in [5.41, 5.74) is 9.56. The number of nitrogens with two attached hydrogens (primary N) is 1. The van der Waals surface area contributed by atoms with Crippen LogP contribution in [-0.2, 0) is 0 Å². The molecule has 2 aromatic carbocycles. The average Bonchev–Trinajstić information content (AvgIpc) is 2.67. The molecule has 0 fully saturated rings. The summed E-state index contributed by atoms with van der Waals surface area (Å²) < 4.78 is 0. The van der Waals surface area contributed by atoms with E-state index in [4.69, 9.17) is 10.9 Å². The summed E-state index contributed by atoms with van der Waals surface area (Å²) in [6.45, 7) is 0. The number of phenols is 1. The first-order valence-electron chi connectivity index (χ1n) is 7.68. The second kappa shape index (κ2) is 7.31. The number of aromatic hydroxyl groups is 1. The lowest BCUT2D eigenvalue weighted by molar-refractivity contribution is 0.318. The molecule has 0 saturated heterocycles. The quantitative estimate of drug-likeness (QED) is 0.294. The smallest absolute Gasteiger partial charge is 0.170 e. The SMILES string of the molecule is N/C(=N\O)c1ccc(/C=C/c2ccnc(-c3ccccc3O)c2)cc1. The highest BCUT2D eigenvalue weighted by Crippen LogP contribution is 2.27. The summed E-state index contributed by atoms with van der Waals surface area (Å²) in [6, 6.07) is 18.3. The molecule has 0 atom stereocenters. The molecule has 5 nitrogen and oxygen atoms in total. The molecule has 0 aliphatic rings. The number of phenolic OH excluding ortho intramolecular Hbond substituents is 1. The highest BCUT2D eigenvalue weighted by molar-refractivity contribution is 5.97.